The standard InChI is InChI=1S/C27H31N5O2S/c1-19(2)16-22-8-11-25(35(33,34)31-27-29-12-5-13-30-27)24(17-22)23-9-6-21(7-10-23)18-32-15-14-28-26(32)20(3)4/h5-15,17,19-20H,16,18H2,1-4H3,(H,29,30,31). The smallest absolute Gasteiger partial charge is 0.264 e. The summed E-state index contributed by atoms with van der Waals surface area (Å²) in [6.45, 7) is 9.26. The Balaban J connectivity index is 1.69. The first-order chi connectivity index (χ1) is 16.7. The van der Waals surface area contributed by atoms with E-state index < -0.39 is 10.0 Å². The van der Waals surface area contributed by atoms with E-state index in [-0.39, 0.29) is 10.8 Å². The Morgan fingerprint density at radius 1 is 0.886 bits per heavy atom. The Morgan fingerprint density at radius 2 is 1.57 bits per heavy atom. The SMILES string of the molecule is CC(C)Cc1ccc(S(=O)(=O)Nc2ncccn2)c(-c2ccc(Cn3ccnc3C(C)C)cc2)c1. The third-order valence-electron chi connectivity index (χ3n) is 5.65. The number of sulfonamides is 1. The van der Waals surface area contributed by atoms with Crippen molar-refractivity contribution in [1.82, 2.24) is 19.5 Å². The summed E-state index contributed by atoms with van der Waals surface area (Å²) in [4.78, 5) is 12.7. The van der Waals surface area contributed by atoms with E-state index in [0.29, 0.717) is 23.9 Å². The number of nitrogens with zero attached hydrogens (tertiary/aromatic N) is 4. The van der Waals surface area contributed by atoms with Gasteiger partial charge in [-0.3, -0.25) is 0 Å². The molecule has 35 heavy (non-hydrogen) atoms. The van der Waals surface area contributed by atoms with Gasteiger partial charge in [-0.15, -0.1) is 0 Å². The van der Waals surface area contributed by atoms with Crippen molar-refractivity contribution in [2.45, 2.75) is 51.5 Å². The fourth-order valence-electron chi connectivity index (χ4n) is 4.10. The summed E-state index contributed by atoms with van der Waals surface area (Å²) in [5.74, 6) is 1.87. The van der Waals surface area contributed by atoms with Gasteiger partial charge >= 0.3 is 0 Å². The van der Waals surface area contributed by atoms with Gasteiger partial charge in [0.2, 0.25) is 5.95 Å². The lowest BCUT2D eigenvalue weighted by atomic mass is 9.97. The molecule has 0 amide bonds. The predicted octanol–water partition coefficient (Wildman–Crippen LogP) is 5.51. The van der Waals surface area contributed by atoms with Gasteiger partial charge in [0.25, 0.3) is 10.0 Å². The topological polar surface area (TPSA) is 89.8 Å². The second kappa shape index (κ2) is 10.4. The van der Waals surface area contributed by atoms with Crippen LogP contribution in [0.25, 0.3) is 11.1 Å². The maximum atomic E-state index is 13.3. The van der Waals surface area contributed by atoms with E-state index in [1.54, 1.807) is 12.1 Å². The first-order valence-corrected chi connectivity index (χ1v) is 13.2. The number of imidazole rings is 1. The summed E-state index contributed by atoms with van der Waals surface area (Å²) >= 11 is 0. The fraction of sp³-hybridized carbons (Fsp3) is 0.296. The minimum atomic E-state index is -3.89. The fourth-order valence-corrected chi connectivity index (χ4v) is 5.27. The average Bonchev–Trinajstić information content (AvgIpc) is 3.28. The van der Waals surface area contributed by atoms with Crippen LogP contribution >= 0.6 is 0 Å². The number of nitrogens with one attached hydrogen (secondary N) is 1. The molecule has 0 fully saturated rings. The third kappa shape index (κ3) is 5.95. The molecule has 1 N–H and O–H groups in total. The van der Waals surface area contributed by atoms with Crippen LogP contribution in [0.5, 0.6) is 0 Å². The van der Waals surface area contributed by atoms with Crippen molar-refractivity contribution < 1.29 is 8.42 Å². The van der Waals surface area contributed by atoms with Gasteiger partial charge in [-0.05, 0) is 47.2 Å². The number of rotatable bonds is 9. The van der Waals surface area contributed by atoms with Crippen LogP contribution in [0.3, 0.4) is 0 Å². The van der Waals surface area contributed by atoms with Crippen LogP contribution in [0.4, 0.5) is 5.95 Å². The Morgan fingerprint density at radius 3 is 2.23 bits per heavy atom. The molecule has 4 rings (SSSR count). The first-order valence-electron chi connectivity index (χ1n) is 11.8. The van der Waals surface area contributed by atoms with Gasteiger partial charge in [0.15, 0.2) is 0 Å². The monoisotopic (exact) mass is 489 g/mol. The minimum absolute atomic E-state index is 0.0429. The van der Waals surface area contributed by atoms with Crippen molar-refractivity contribution in [2.75, 3.05) is 4.72 Å². The van der Waals surface area contributed by atoms with Crippen LogP contribution < -0.4 is 4.72 Å². The largest absolute Gasteiger partial charge is 0.330 e. The van der Waals surface area contributed by atoms with Crippen molar-refractivity contribution >= 4 is 16.0 Å². The van der Waals surface area contributed by atoms with Crippen molar-refractivity contribution in [1.29, 1.82) is 0 Å². The minimum Gasteiger partial charge on any atom is -0.330 e. The van der Waals surface area contributed by atoms with E-state index in [2.05, 4.69) is 51.9 Å². The van der Waals surface area contributed by atoms with Crippen LogP contribution in [-0.4, -0.2) is 27.9 Å². The quantitative estimate of drug-likeness (QED) is 0.335. The summed E-state index contributed by atoms with van der Waals surface area (Å²) < 4.78 is 31.3. The molecule has 4 aromatic rings. The third-order valence-corrected chi connectivity index (χ3v) is 7.04. The van der Waals surface area contributed by atoms with Gasteiger partial charge in [-0.1, -0.05) is 58.0 Å². The van der Waals surface area contributed by atoms with Gasteiger partial charge in [-0.25, -0.2) is 28.1 Å². The Hall–Kier alpha value is -3.52. The summed E-state index contributed by atoms with van der Waals surface area (Å²) in [6, 6.07) is 15.2. The molecule has 2 aromatic carbocycles. The van der Waals surface area contributed by atoms with Crippen LogP contribution in [-0.2, 0) is 23.0 Å². The van der Waals surface area contributed by atoms with E-state index in [0.717, 1.165) is 28.9 Å². The first kappa shape index (κ1) is 24.6. The highest BCUT2D eigenvalue weighted by atomic mass is 32.2. The van der Waals surface area contributed by atoms with E-state index in [4.69, 9.17) is 0 Å². The number of anilines is 1. The highest BCUT2D eigenvalue weighted by Crippen LogP contribution is 2.31. The summed E-state index contributed by atoms with van der Waals surface area (Å²) in [5.41, 5.74) is 3.70. The highest BCUT2D eigenvalue weighted by molar-refractivity contribution is 7.92. The molecule has 0 radical (unpaired) electrons. The molecule has 182 valence electrons. The van der Waals surface area contributed by atoms with E-state index in [1.165, 1.54) is 12.4 Å². The van der Waals surface area contributed by atoms with E-state index in [1.807, 2.05) is 48.8 Å². The van der Waals surface area contributed by atoms with Crippen LogP contribution in [0, 0.1) is 5.92 Å². The van der Waals surface area contributed by atoms with Crippen LogP contribution in [0.2, 0.25) is 0 Å². The Kier molecular flexibility index (Phi) is 7.31. The normalized spacial score (nSPS) is 11.8. The molecule has 0 saturated carbocycles. The lowest BCUT2D eigenvalue weighted by molar-refractivity contribution is 0.601. The highest BCUT2D eigenvalue weighted by Gasteiger charge is 2.21. The molecule has 0 atom stereocenters. The van der Waals surface area contributed by atoms with Gasteiger partial charge in [-0.2, -0.15) is 0 Å². The molecule has 0 bridgehead atoms. The molecular formula is C27H31N5O2S. The number of aromatic nitrogens is 4. The zero-order chi connectivity index (χ0) is 25.0. The van der Waals surface area contributed by atoms with Crippen molar-refractivity contribution in [3.8, 4) is 11.1 Å². The van der Waals surface area contributed by atoms with Gasteiger partial charge in [0.05, 0.1) is 4.90 Å². The molecule has 0 unspecified atom stereocenters. The number of hydrogen-bond donors (Lipinski definition) is 1. The summed E-state index contributed by atoms with van der Waals surface area (Å²) in [5, 5.41) is 0. The molecule has 0 aliphatic rings. The molecule has 0 spiro atoms. The molecule has 2 aromatic heterocycles. The summed E-state index contributed by atoms with van der Waals surface area (Å²) in [6.07, 6.45) is 7.67. The van der Waals surface area contributed by atoms with Crippen molar-refractivity contribution in [2.24, 2.45) is 5.92 Å². The zero-order valence-corrected chi connectivity index (χ0v) is 21.3. The van der Waals surface area contributed by atoms with Gasteiger partial charge in [0.1, 0.15) is 5.82 Å². The molecule has 0 aliphatic carbocycles. The van der Waals surface area contributed by atoms with E-state index >= 15 is 0 Å². The van der Waals surface area contributed by atoms with Crippen LogP contribution in [0.15, 0.2) is 78.2 Å². The predicted molar refractivity (Wildman–Crippen MR) is 139 cm³/mol. The van der Waals surface area contributed by atoms with Crippen molar-refractivity contribution in [3.63, 3.8) is 0 Å². The van der Waals surface area contributed by atoms with E-state index in [9.17, 15) is 8.42 Å². The maximum Gasteiger partial charge on any atom is 0.264 e. The Labute approximate surface area is 207 Å². The Bertz CT molecular complexity index is 1380. The van der Waals surface area contributed by atoms with Gasteiger partial charge in [0, 0.05) is 42.8 Å². The lowest BCUT2D eigenvalue weighted by Gasteiger charge is -2.15. The number of hydrogen-bond acceptors (Lipinski definition) is 5. The lowest BCUT2D eigenvalue weighted by Crippen LogP contribution is -2.16. The molecular weight excluding hydrogens is 458 g/mol. The second-order valence-electron chi connectivity index (χ2n) is 9.37. The summed E-state index contributed by atoms with van der Waals surface area (Å²) in [7, 11) is -3.89. The average molecular weight is 490 g/mol. The van der Waals surface area contributed by atoms with Gasteiger partial charge < -0.3 is 4.57 Å². The molecule has 8 heteroatoms. The molecule has 0 saturated heterocycles. The van der Waals surface area contributed by atoms with Crippen LogP contribution in [0.1, 0.15) is 50.6 Å². The molecule has 2 heterocycles. The zero-order valence-electron chi connectivity index (χ0n) is 20.5. The number of benzene rings is 2. The second-order valence-corrected chi connectivity index (χ2v) is 11.0. The molecule has 0 aliphatic heterocycles. The van der Waals surface area contributed by atoms with Crippen molar-refractivity contribution in [3.05, 3.63) is 90.3 Å². The maximum absolute atomic E-state index is 13.3. The molecule has 7 nitrogen and oxygen atoms in total.